The highest BCUT2D eigenvalue weighted by Crippen LogP contribution is 2.19. The van der Waals surface area contributed by atoms with E-state index >= 15 is 0 Å². The molecule has 16 heavy (non-hydrogen) atoms. The van der Waals surface area contributed by atoms with Crippen molar-refractivity contribution in [2.24, 2.45) is 0 Å². The van der Waals surface area contributed by atoms with Gasteiger partial charge in [0, 0.05) is 18.7 Å². The van der Waals surface area contributed by atoms with E-state index in [9.17, 15) is 9.18 Å². The summed E-state index contributed by atoms with van der Waals surface area (Å²) in [5, 5.41) is 0. The third-order valence-corrected chi connectivity index (χ3v) is 2.45. The minimum atomic E-state index is -0.460. The Kier molecular flexibility index (Phi) is 4.28. The van der Waals surface area contributed by atoms with Crippen LogP contribution in [0.15, 0.2) is 18.2 Å². The maximum atomic E-state index is 13.1. The molecule has 0 saturated carbocycles. The molecule has 88 valence electrons. The highest BCUT2D eigenvalue weighted by Gasteiger charge is 2.14. The van der Waals surface area contributed by atoms with Crippen molar-refractivity contribution in [2.75, 3.05) is 20.2 Å². The summed E-state index contributed by atoms with van der Waals surface area (Å²) in [5.74, 6) is -0.472. The van der Waals surface area contributed by atoms with E-state index in [0.29, 0.717) is 18.7 Å². The molecule has 0 N–H and O–H groups in total. The molecule has 1 aromatic carbocycles. The number of carbonyl (C=O) groups is 1. The van der Waals surface area contributed by atoms with E-state index in [0.717, 1.165) is 0 Å². The van der Waals surface area contributed by atoms with Crippen LogP contribution < -0.4 is 4.74 Å². The van der Waals surface area contributed by atoms with Gasteiger partial charge in [-0.25, -0.2) is 4.39 Å². The molecule has 1 aromatic rings. The lowest BCUT2D eigenvalue weighted by Gasteiger charge is -2.18. The Hall–Kier alpha value is -1.58. The topological polar surface area (TPSA) is 29.5 Å². The Bertz CT molecular complexity index is 375. The second kappa shape index (κ2) is 5.49. The normalized spacial score (nSPS) is 10.0. The second-order valence-electron chi connectivity index (χ2n) is 3.33. The zero-order valence-corrected chi connectivity index (χ0v) is 9.79. The van der Waals surface area contributed by atoms with E-state index in [-0.39, 0.29) is 11.7 Å². The average Bonchev–Trinajstić information content (AvgIpc) is 2.31. The van der Waals surface area contributed by atoms with Gasteiger partial charge < -0.3 is 9.64 Å². The van der Waals surface area contributed by atoms with Crippen LogP contribution in [0.3, 0.4) is 0 Å². The fraction of sp³-hybridized carbons (Fsp3) is 0.417. The van der Waals surface area contributed by atoms with Gasteiger partial charge in [0.05, 0.1) is 7.11 Å². The molecule has 1 amide bonds. The molecule has 3 nitrogen and oxygen atoms in total. The van der Waals surface area contributed by atoms with Gasteiger partial charge in [-0.1, -0.05) is 0 Å². The van der Waals surface area contributed by atoms with Crippen molar-refractivity contribution in [2.45, 2.75) is 13.8 Å². The summed E-state index contributed by atoms with van der Waals surface area (Å²) in [7, 11) is 1.38. The average molecular weight is 225 g/mol. The van der Waals surface area contributed by atoms with E-state index in [1.165, 1.54) is 25.3 Å². The molecule has 0 aliphatic carbocycles. The molecule has 0 aliphatic heterocycles. The van der Waals surface area contributed by atoms with Crippen molar-refractivity contribution in [3.05, 3.63) is 29.6 Å². The molecule has 0 heterocycles. The monoisotopic (exact) mass is 225 g/mol. The van der Waals surface area contributed by atoms with Crippen LogP contribution in [0.2, 0.25) is 0 Å². The lowest BCUT2D eigenvalue weighted by molar-refractivity contribution is 0.0772. The van der Waals surface area contributed by atoms with Crippen LogP contribution in [0.1, 0.15) is 24.2 Å². The Morgan fingerprint density at radius 3 is 2.50 bits per heavy atom. The van der Waals surface area contributed by atoms with Gasteiger partial charge in [-0.15, -0.1) is 0 Å². The minimum absolute atomic E-state index is 0.0954. The van der Waals surface area contributed by atoms with E-state index in [1.807, 2.05) is 13.8 Å². The molecule has 0 radical (unpaired) electrons. The van der Waals surface area contributed by atoms with Gasteiger partial charge >= 0.3 is 0 Å². The van der Waals surface area contributed by atoms with Crippen LogP contribution in [-0.4, -0.2) is 31.0 Å². The van der Waals surface area contributed by atoms with Crippen LogP contribution in [0.25, 0.3) is 0 Å². The fourth-order valence-electron chi connectivity index (χ4n) is 1.49. The maximum absolute atomic E-state index is 13.1. The molecule has 0 unspecified atom stereocenters. The lowest BCUT2D eigenvalue weighted by atomic mass is 10.2. The molecule has 1 rings (SSSR count). The van der Waals surface area contributed by atoms with Gasteiger partial charge in [0.25, 0.3) is 5.91 Å². The minimum Gasteiger partial charge on any atom is -0.494 e. The van der Waals surface area contributed by atoms with Crippen molar-refractivity contribution in [1.29, 1.82) is 0 Å². The van der Waals surface area contributed by atoms with E-state index in [4.69, 9.17) is 4.74 Å². The molecular formula is C12H16FNO2. The number of amides is 1. The molecular weight excluding hydrogens is 209 g/mol. The van der Waals surface area contributed by atoms with E-state index in [2.05, 4.69) is 0 Å². The Labute approximate surface area is 94.8 Å². The van der Waals surface area contributed by atoms with Crippen molar-refractivity contribution < 1.29 is 13.9 Å². The number of methoxy groups -OCH3 is 1. The molecule has 0 aromatic heterocycles. The quantitative estimate of drug-likeness (QED) is 0.787. The summed E-state index contributed by atoms with van der Waals surface area (Å²) in [6.45, 7) is 5.08. The third kappa shape index (κ3) is 2.51. The van der Waals surface area contributed by atoms with Crippen molar-refractivity contribution in [1.82, 2.24) is 4.90 Å². The summed E-state index contributed by atoms with van der Waals surface area (Å²) in [6, 6.07) is 4.14. The van der Waals surface area contributed by atoms with Crippen LogP contribution in [0.5, 0.6) is 5.75 Å². The number of hydrogen-bond donors (Lipinski definition) is 0. The fourth-order valence-corrected chi connectivity index (χ4v) is 1.49. The van der Waals surface area contributed by atoms with Crippen molar-refractivity contribution >= 4 is 5.91 Å². The van der Waals surface area contributed by atoms with Crippen molar-refractivity contribution in [3.8, 4) is 5.75 Å². The maximum Gasteiger partial charge on any atom is 0.253 e. The van der Waals surface area contributed by atoms with Crippen LogP contribution in [0.4, 0.5) is 4.39 Å². The first-order valence-electron chi connectivity index (χ1n) is 5.26. The summed E-state index contributed by atoms with van der Waals surface area (Å²) in [5.41, 5.74) is 0.446. The van der Waals surface area contributed by atoms with Crippen LogP contribution in [-0.2, 0) is 0 Å². The number of halogens is 1. The molecule has 0 saturated heterocycles. The second-order valence-corrected chi connectivity index (χ2v) is 3.33. The third-order valence-electron chi connectivity index (χ3n) is 2.45. The van der Waals surface area contributed by atoms with Crippen LogP contribution >= 0.6 is 0 Å². The number of carbonyl (C=O) groups excluding carboxylic acids is 1. The molecule has 0 spiro atoms. The molecule has 0 fully saturated rings. The Morgan fingerprint density at radius 1 is 1.38 bits per heavy atom. The highest BCUT2D eigenvalue weighted by molar-refractivity contribution is 5.94. The van der Waals surface area contributed by atoms with Crippen LogP contribution in [0, 0.1) is 5.82 Å². The number of rotatable bonds is 4. The highest BCUT2D eigenvalue weighted by atomic mass is 19.1. The molecule has 0 atom stereocenters. The van der Waals surface area contributed by atoms with E-state index in [1.54, 1.807) is 4.90 Å². The Morgan fingerprint density at radius 2 is 2.00 bits per heavy atom. The first kappa shape index (κ1) is 12.5. The predicted molar refractivity (Wildman–Crippen MR) is 60.2 cm³/mol. The standard InChI is InChI=1S/C12H16FNO2/c1-4-14(5-2)12(15)9-6-7-10(13)11(8-9)16-3/h6-8H,4-5H2,1-3H3. The number of ether oxygens (including phenoxy) is 1. The number of benzene rings is 1. The Balaban J connectivity index is 3.00. The lowest BCUT2D eigenvalue weighted by Crippen LogP contribution is -2.30. The summed E-state index contributed by atoms with van der Waals surface area (Å²) >= 11 is 0. The van der Waals surface area contributed by atoms with Gasteiger partial charge in [-0.2, -0.15) is 0 Å². The summed E-state index contributed by atoms with van der Waals surface area (Å²) in [4.78, 5) is 13.6. The largest absolute Gasteiger partial charge is 0.494 e. The van der Waals surface area contributed by atoms with Gasteiger partial charge in [0.15, 0.2) is 11.6 Å². The zero-order valence-electron chi connectivity index (χ0n) is 9.79. The van der Waals surface area contributed by atoms with E-state index < -0.39 is 5.82 Å². The van der Waals surface area contributed by atoms with Gasteiger partial charge in [-0.05, 0) is 32.0 Å². The van der Waals surface area contributed by atoms with Crippen molar-refractivity contribution in [3.63, 3.8) is 0 Å². The first-order valence-corrected chi connectivity index (χ1v) is 5.26. The SMILES string of the molecule is CCN(CC)C(=O)c1ccc(F)c(OC)c1. The number of nitrogens with zero attached hydrogens (tertiary/aromatic N) is 1. The number of hydrogen-bond acceptors (Lipinski definition) is 2. The zero-order chi connectivity index (χ0) is 12.1. The molecule has 4 heteroatoms. The smallest absolute Gasteiger partial charge is 0.253 e. The predicted octanol–water partition coefficient (Wildman–Crippen LogP) is 2.32. The van der Waals surface area contributed by atoms with Gasteiger partial charge in [-0.3, -0.25) is 4.79 Å². The van der Waals surface area contributed by atoms with Gasteiger partial charge in [0.1, 0.15) is 0 Å². The summed E-state index contributed by atoms with van der Waals surface area (Å²) < 4.78 is 18.0. The molecule has 0 aliphatic rings. The molecule has 0 bridgehead atoms. The first-order chi connectivity index (χ1) is 7.63. The van der Waals surface area contributed by atoms with Gasteiger partial charge in [0.2, 0.25) is 0 Å². The summed E-state index contributed by atoms with van der Waals surface area (Å²) in [6.07, 6.45) is 0.